The molecule has 1 unspecified atom stereocenters. The Hall–Kier alpha value is -2.11. The van der Waals surface area contributed by atoms with Crippen LogP contribution in [0.4, 0.5) is 0 Å². The Morgan fingerprint density at radius 2 is 1.83 bits per heavy atom. The molecule has 0 aliphatic carbocycles. The molecule has 0 radical (unpaired) electrons. The number of amides is 1. The predicted molar refractivity (Wildman–Crippen MR) is 97.1 cm³/mol. The molecule has 0 spiro atoms. The number of nitrogens with two attached hydrogens (primary N) is 1. The van der Waals surface area contributed by atoms with Gasteiger partial charge in [0.15, 0.2) is 0 Å². The number of hydrogen-bond donors (Lipinski definition) is 2. The highest BCUT2D eigenvalue weighted by molar-refractivity contribution is 5.85. The van der Waals surface area contributed by atoms with Crippen LogP contribution in [0, 0.1) is 5.92 Å². The van der Waals surface area contributed by atoms with Gasteiger partial charge in [-0.2, -0.15) is 0 Å². The number of ether oxygens (including phenoxy) is 1. The van der Waals surface area contributed by atoms with Gasteiger partial charge in [0.2, 0.25) is 5.91 Å². The van der Waals surface area contributed by atoms with E-state index in [1.54, 1.807) is 6.92 Å². The van der Waals surface area contributed by atoms with Crippen molar-refractivity contribution in [3.05, 3.63) is 48.0 Å². The smallest absolute Gasteiger partial charge is 0.310 e. The SMILES string of the molecule is COC(=O)C(CNC(=O)[C@H](C)N)Cc1ccc2ccccc2c1.Cl. The van der Waals surface area contributed by atoms with E-state index in [2.05, 4.69) is 11.4 Å². The number of fused-ring (bicyclic) bond motifs is 1. The summed E-state index contributed by atoms with van der Waals surface area (Å²) >= 11 is 0. The fourth-order valence-electron chi connectivity index (χ4n) is 2.44. The van der Waals surface area contributed by atoms with Gasteiger partial charge >= 0.3 is 5.97 Å². The zero-order valence-corrected chi connectivity index (χ0v) is 14.6. The molecule has 3 N–H and O–H groups in total. The summed E-state index contributed by atoms with van der Waals surface area (Å²) in [6.07, 6.45) is 0.497. The summed E-state index contributed by atoms with van der Waals surface area (Å²) in [4.78, 5) is 23.6. The minimum atomic E-state index is -0.603. The van der Waals surface area contributed by atoms with Crippen LogP contribution >= 0.6 is 12.4 Å². The summed E-state index contributed by atoms with van der Waals surface area (Å²) in [5, 5.41) is 4.96. The second-order valence-electron chi connectivity index (χ2n) is 5.64. The molecule has 0 saturated heterocycles. The summed E-state index contributed by atoms with van der Waals surface area (Å²) in [7, 11) is 1.35. The van der Waals surface area contributed by atoms with Crippen molar-refractivity contribution >= 4 is 35.1 Å². The summed E-state index contributed by atoms with van der Waals surface area (Å²) in [5.41, 5.74) is 6.54. The van der Waals surface area contributed by atoms with E-state index in [1.165, 1.54) is 7.11 Å². The lowest BCUT2D eigenvalue weighted by Gasteiger charge is -2.17. The van der Waals surface area contributed by atoms with Crippen LogP contribution in [0.3, 0.4) is 0 Å². The first kappa shape index (κ1) is 19.9. The summed E-state index contributed by atoms with van der Waals surface area (Å²) in [6.45, 7) is 1.81. The lowest BCUT2D eigenvalue weighted by atomic mass is 9.97. The molecule has 0 bridgehead atoms. The van der Waals surface area contributed by atoms with E-state index < -0.39 is 12.0 Å². The average molecular weight is 351 g/mol. The first-order valence-corrected chi connectivity index (χ1v) is 7.60. The second-order valence-corrected chi connectivity index (χ2v) is 5.64. The number of carbonyl (C=O) groups excluding carboxylic acids is 2. The van der Waals surface area contributed by atoms with Gasteiger partial charge < -0.3 is 15.8 Å². The highest BCUT2D eigenvalue weighted by Crippen LogP contribution is 2.18. The Morgan fingerprint density at radius 1 is 1.17 bits per heavy atom. The van der Waals surface area contributed by atoms with Crippen molar-refractivity contribution in [1.29, 1.82) is 0 Å². The number of carbonyl (C=O) groups is 2. The third-order valence-corrected chi connectivity index (χ3v) is 3.77. The van der Waals surface area contributed by atoms with Gasteiger partial charge in [-0.1, -0.05) is 42.5 Å². The summed E-state index contributed by atoms with van der Waals surface area (Å²) < 4.78 is 4.84. The quantitative estimate of drug-likeness (QED) is 0.781. The van der Waals surface area contributed by atoms with Gasteiger partial charge in [-0.05, 0) is 29.7 Å². The Kier molecular flexibility index (Phi) is 7.68. The molecule has 130 valence electrons. The van der Waals surface area contributed by atoms with Gasteiger partial charge in [0.05, 0.1) is 19.1 Å². The van der Waals surface area contributed by atoms with Crippen molar-refractivity contribution in [1.82, 2.24) is 5.32 Å². The van der Waals surface area contributed by atoms with Crippen LogP contribution in [-0.2, 0) is 20.7 Å². The van der Waals surface area contributed by atoms with Crippen molar-refractivity contribution in [3.63, 3.8) is 0 Å². The molecule has 0 aliphatic heterocycles. The zero-order valence-electron chi connectivity index (χ0n) is 13.8. The molecule has 0 heterocycles. The van der Waals surface area contributed by atoms with E-state index in [4.69, 9.17) is 10.5 Å². The van der Waals surface area contributed by atoms with Gasteiger partial charge in [0.1, 0.15) is 0 Å². The van der Waals surface area contributed by atoms with Crippen LogP contribution < -0.4 is 11.1 Å². The van der Waals surface area contributed by atoms with Crippen LogP contribution in [0.15, 0.2) is 42.5 Å². The molecule has 2 atom stereocenters. The maximum Gasteiger partial charge on any atom is 0.310 e. The Morgan fingerprint density at radius 3 is 2.46 bits per heavy atom. The van der Waals surface area contributed by atoms with Gasteiger partial charge in [0, 0.05) is 6.54 Å². The van der Waals surface area contributed by atoms with Crippen molar-refractivity contribution in [2.75, 3.05) is 13.7 Å². The van der Waals surface area contributed by atoms with Crippen molar-refractivity contribution in [2.45, 2.75) is 19.4 Å². The third-order valence-electron chi connectivity index (χ3n) is 3.77. The second kappa shape index (κ2) is 9.25. The molecule has 0 aromatic heterocycles. The molecule has 1 amide bonds. The van der Waals surface area contributed by atoms with E-state index in [9.17, 15) is 9.59 Å². The fourth-order valence-corrected chi connectivity index (χ4v) is 2.44. The predicted octanol–water partition coefficient (Wildman–Crippen LogP) is 2.06. The summed E-state index contributed by atoms with van der Waals surface area (Å²) in [5.74, 6) is -1.07. The zero-order chi connectivity index (χ0) is 16.8. The van der Waals surface area contributed by atoms with Crippen LogP contribution in [0.2, 0.25) is 0 Å². The van der Waals surface area contributed by atoms with E-state index in [1.807, 2.05) is 36.4 Å². The largest absolute Gasteiger partial charge is 0.469 e. The van der Waals surface area contributed by atoms with Crippen LogP contribution in [-0.4, -0.2) is 31.6 Å². The number of benzene rings is 2. The first-order chi connectivity index (χ1) is 11.0. The van der Waals surface area contributed by atoms with E-state index >= 15 is 0 Å². The number of hydrogen-bond acceptors (Lipinski definition) is 4. The fraction of sp³-hybridized carbons (Fsp3) is 0.333. The van der Waals surface area contributed by atoms with Crippen molar-refractivity contribution < 1.29 is 14.3 Å². The maximum atomic E-state index is 12.0. The molecule has 24 heavy (non-hydrogen) atoms. The van der Waals surface area contributed by atoms with Gasteiger partial charge in [-0.25, -0.2) is 0 Å². The van der Waals surface area contributed by atoms with Gasteiger partial charge in [0.25, 0.3) is 0 Å². The van der Waals surface area contributed by atoms with Gasteiger partial charge in [-0.3, -0.25) is 9.59 Å². The number of rotatable bonds is 6. The average Bonchev–Trinajstić information content (AvgIpc) is 2.57. The molecule has 0 fully saturated rings. The minimum absolute atomic E-state index is 0. The third kappa shape index (κ3) is 5.22. The first-order valence-electron chi connectivity index (χ1n) is 7.60. The van der Waals surface area contributed by atoms with Crippen molar-refractivity contribution in [2.24, 2.45) is 11.7 Å². The molecular weight excluding hydrogens is 328 g/mol. The van der Waals surface area contributed by atoms with E-state index in [0.29, 0.717) is 6.42 Å². The Balaban J connectivity index is 0.00000288. The maximum absolute atomic E-state index is 12.0. The molecule has 0 aliphatic rings. The van der Waals surface area contributed by atoms with E-state index in [-0.39, 0.29) is 30.8 Å². The number of nitrogens with one attached hydrogen (secondary N) is 1. The highest BCUT2D eigenvalue weighted by atomic mass is 35.5. The normalized spacial score (nSPS) is 12.8. The van der Waals surface area contributed by atoms with E-state index in [0.717, 1.165) is 16.3 Å². The molecular formula is C18H23ClN2O3. The molecule has 2 aromatic rings. The Bertz CT molecular complexity index is 703. The molecule has 5 nitrogen and oxygen atoms in total. The molecule has 0 saturated carbocycles. The highest BCUT2D eigenvalue weighted by Gasteiger charge is 2.21. The summed E-state index contributed by atoms with van der Waals surface area (Å²) in [6, 6.07) is 13.5. The van der Waals surface area contributed by atoms with Crippen molar-refractivity contribution in [3.8, 4) is 0 Å². The minimum Gasteiger partial charge on any atom is -0.469 e. The lowest BCUT2D eigenvalue weighted by molar-refractivity contribution is -0.145. The number of halogens is 1. The number of esters is 1. The van der Waals surface area contributed by atoms with Crippen LogP contribution in [0.25, 0.3) is 10.8 Å². The topological polar surface area (TPSA) is 81.4 Å². The number of methoxy groups -OCH3 is 1. The van der Waals surface area contributed by atoms with Crippen LogP contribution in [0.5, 0.6) is 0 Å². The van der Waals surface area contributed by atoms with Crippen LogP contribution in [0.1, 0.15) is 12.5 Å². The monoisotopic (exact) mass is 350 g/mol. The molecule has 2 aromatic carbocycles. The molecule has 2 rings (SSSR count). The standard InChI is InChI=1S/C18H22N2O3.ClH/c1-12(19)17(21)20-11-16(18(22)23-2)10-13-7-8-14-5-3-4-6-15(14)9-13;/h3-9,12,16H,10-11,19H2,1-2H3,(H,20,21);1H/t12-,16?;/m0./s1. The molecule has 6 heteroatoms. The lowest BCUT2D eigenvalue weighted by Crippen LogP contribution is -2.42. The Labute approximate surface area is 148 Å². The van der Waals surface area contributed by atoms with Gasteiger partial charge in [-0.15, -0.1) is 12.4 Å².